The van der Waals surface area contributed by atoms with Crippen molar-refractivity contribution in [1.29, 1.82) is 0 Å². The van der Waals surface area contributed by atoms with Crippen molar-refractivity contribution in [2.75, 3.05) is 12.4 Å². The Balaban J connectivity index is 1.60. The minimum Gasteiger partial charge on any atom is -0.464 e. The molecule has 2 aromatic heterocycles. The summed E-state index contributed by atoms with van der Waals surface area (Å²) in [6.45, 7) is 0.358. The molecule has 0 atom stereocenters. The highest BCUT2D eigenvalue weighted by atomic mass is 19.4. The Labute approximate surface area is 156 Å². The van der Waals surface area contributed by atoms with Crippen molar-refractivity contribution in [1.82, 2.24) is 19.7 Å². The van der Waals surface area contributed by atoms with Crippen molar-refractivity contribution in [2.24, 2.45) is 0 Å². The fourth-order valence-corrected chi connectivity index (χ4v) is 2.20. The Morgan fingerprint density at radius 3 is 2.50 bits per heavy atom. The van der Waals surface area contributed by atoms with Crippen molar-refractivity contribution >= 4 is 11.9 Å². The second kappa shape index (κ2) is 7.94. The van der Waals surface area contributed by atoms with Crippen molar-refractivity contribution in [3.63, 3.8) is 0 Å². The average molecular weight is 393 g/mol. The summed E-state index contributed by atoms with van der Waals surface area (Å²) in [5.74, 6) is -0.531. The Hall–Kier alpha value is -3.63. The molecular formula is C17H14F3N5O3. The molecule has 8 nitrogen and oxygen atoms in total. The largest absolute Gasteiger partial charge is 0.573 e. The molecule has 0 amide bonds. The molecule has 1 N–H and O–H groups in total. The van der Waals surface area contributed by atoms with Gasteiger partial charge in [-0.25, -0.2) is 19.4 Å². The number of esters is 1. The lowest BCUT2D eigenvalue weighted by Crippen LogP contribution is -2.17. The lowest BCUT2D eigenvalue weighted by Gasteiger charge is -2.09. The molecule has 3 rings (SSSR count). The molecule has 0 bridgehead atoms. The molecule has 28 heavy (non-hydrogen) atoms. The first-order valence-corrected chi connectivity index (χ1v) is 7.89. The van der Waals surface area contributed by atoms with Gasteiger partial charge in [0.2, 0.25) is 5.95 Å². The molecule has 0 spiro atoms. The van der Waals surface area contributed by atoms with Crippen LogP contribution in [0, 0.1) is 0 Å². The molecule has 146 valence electrons. The number of hydrogen-bond donors (Lipinski definition) is 1. The number of nitrogens with one attached hydrogen (secondary N) is 1. The Morgan fingerprint density at radius 1 is 1.14 bits per heavy atom. The molecule has 2 heterocycles. The number of alkyl halides is 3. The van der Waals surface area contributed by atoms with Gasteiger partial charge in [0.1, 0.15) is 17.8 Å². The topological polar surface area (TPSA) is 91.2 Å². The van der Waals surface area contributed by atoms with E-state index < -0.39 is 12.3 Å². The van der Waals surface area contributed by atoms with Gasteiger partial charge in [-0.15, -0.1) is 18.3 Å². The zero-order valence-electron chi connectivity index (χ0n) is 14.5. The molecule has 0 radical (unpaired) electrons. The van der Waals surface area contributed by atoms with Crippen LogP contribution in [0.3, 0.4) is 0 Å². The van der Waals surface area contributed by atoms with Crippen LogP contribution < -0.4 is 10.1 Å². The normalized spacial score (nSPS) is 11.1. The fourth-order valence-electron chi connectivity index (χ4n) is 2.20. The Morgan fingerprint density at radius 2 is 1.89 bits per heavy atom. The predicted molar refractivity (Wildman–Crippen MR) is 90.9 cm³/mol. The standard InChI is InChI=1S/C17H14F3N5O3/c1-27-15(26)14-7-2-11(8-21-14)9-22-16-23-10-25(24-16)12-3-5-13(6-4-12)28-17(18,19)20/h2-8,10H,9H2,1H3,(H,22,24). The summed E-state index contributed by atoms with van der Waals surface area (Å²) in [4.78, 5) is 19.4. The predicted octanol–water partition coefficient (Wildman–Crippen LogP) is 2.96. The van der Waals surface area contributed by atoms with E-state index in [4.69, 9.17) is 0 Å². The fraction of sp³-hybridized carbons (Fsp3) is 0.176. The first-order chi connectivity index (χ1) is 13.3. The van der Waals surface area contributed by atoms with Gasteiger partial charge >= 0.3 is 12.3 Å². The number of rotatable bonds is 6. The van der Waals surface area contributed by atoms with Crippen molar-refractivity contribution < 1.29 is 27.4 Å². The van der Waals surface area contributed by atoms with Gasteiger partial charge in [0.25, 0.3) is 0 Å². The molecule has 0 aliphatic carbocycles. The van der Waals surface area contributed by atoms with Gasteiger partial charge in [0.05, 0.1) is 12.8 Å². The molecule has 0 fully saturated rings. The summed E-state index contributed by atoms with van der Waals surface area (Å²) in [6.07, 6.45) is -1.80. The molecule has 11 heteroatoms. The first-order valence-electron chi connectivity index (χ1n) is 7.89. The zero-order valence-corrected chi connectivity index (χ0v) is 14.5. The Kier molecular flexibility index (Phi) is 5.43. The molecule has 0 unspecified atom stereocenters. The van der Waals surface area contributed by atoms with Crippen LogP contribution in [-0.2, 0) is 11.3 Å². The number of carbonyl (C=O) groups is 1. The lowest BCUT2D eigenvalue weighted by atomic mass is 10.2. The summed E-state index contributed by atoms with van der Waals surface area (Å²) in [5, 5.41) is 7.18. The monoisotopic (exact) mass is 393 g/mol. The van der Waals surface area contributed by atoms with E-state index in [1.165, 1.54) is 48.6 Å². The molecule has 1 aromatic carbocycles. The van der Waals surface area contributed by atoms with Gasteiger partial charge in [0.15, 0.2) is 0 Å². The van der Waals surface area contributed by atoms with Gasteiger partial charge < -0.3 is 14.8 Å². The molecule has 0 aliphatic heterocycles. The average Bonchev–Trinajstić information content (AvgIpc) is 3.14. The third kappa shape index (κ3) is 4.96. The zero-order chi connectivity index (χ0) is 20.1. The SMILES string of the molecule is COC(=O)c1ccc(CNc2ncn(-c3ccc(OC(F)(F)F)cc3)n2)cn1. The second-order valence-corrected chi connectivity index (χ2v) is 5.45. The quantitative estimate of drug-likeness (QED) is 0.644. The van der Waals surface area contributed by atoms with E-state index in [2.05, 4.69) is 29.9 Å². The van der Waals surface area contributed by atoms with E-state index in [9.17, 15) is 18.0 Å². The van der Waals surface area contributed by atoms with E-state index in [1.807, 2.05) is 0 Å². The number of methoxy groups -OCH3 is 1. The van der Waals surface area contributed by atoms with Gasteiger partial charge in [0, 0.05) is 12.7 Å². The molecule has 0 saturated carbocycles. The maximum atomic E-state index is 12.2. The van der Waals surface area contributed by atoms with Crippen molar-refractivity contribution in [3.8, 4) is 11.4 Å². The number of hydrogen-bond acceptors (Lipinski definition) is 7. The lowest BCUT2D eigenvalue weighted by molar-refractivity contribution is -0.274. The van der Waals surface area contributed by atoms with Crippen LogP contribution in [-0.4, -0.2) is 39.2 Å². The second-order valence-electron chi connectivity index (χ2n) is 5.45. The number of nitrogens with zero attached hydrogens (tertiary/aromatic N) is 4. The van der Waals surface area contributed by atoms with Gasteiger partial charge in [-0.05, 0) is 35.9 Å². The van der Waals surface area contributed by atoms with Crippen LogP contribution in [0.25, 0.3) is 5.69 Å². The summed E-state index contributed by atoms with van der Waals surface area (Å²) in [6, 6.07) is 8.48. The molecular weight excluding hydrogens is 379 g/mol. The number of aromatic nitrogens is 4. The van der Waals surface area contributed by atoms with E-state index in [0.29, 0.717) is 18.2 Å². The highest BCUT2D eigenvalue weighted by molar-refractivity contribution is 5.86. The molecule has 3 aromatic rings. The van der Waals surface area contributed by atoms with Crippen LogP contribution in [0.1, 0.15) is 16.1 Å². The summed E-state index contributed by atoms with van der Waals surface area (Å²) >= 11 is 0. The maximum absolute atomic E-state index is 12.2. The first kappa shape index (κ1) is 19.1. The number of benzene rings is 1. The number of halogens is 3. The minimum absolute atomic E-state index is 0.201. The van der Waals surface area contributed by atoms with E-state index >= 15 is 0 Å². The van der Waals surface area contributed by atoms with Crippen LogP contribution >= 0.6 is 0 Å². The van der Waals surface area contributed by atoms with E-state index in [1.54, 1.807) is 12.1 Å². The van der Waals surface area contributed by atoms with Crippen LogP contribution in [0.4, 0.5) is 19.1 Å². The summed E-state index contributed by atoms with van der Waals surface area (Å²) < 4.78 is 46.4. The van der Waals surface area contributed by atoms with Crippen LogP contribution in [0.5, 0.6) is 5.75 Å². The third-order valence-corrected chi connectivity index (χ3v) is 3.50. The molecule has 0 saturated heterocycles. The number of carbonyl (C=O) groups excluding carboxylic acids is 1. The van der Waals surface area contributed by atoms with Crippen LogP contribution in [0.2, 0.25) is 0 Å². The number of pyridine rings is 1. The minimum atomic E-state index is -4.74. The third-order valence-electron chi connectivity index (χ3n) is 3.50. The van der Waals surface area contributed by atoms with Gasteiger partial charge in [-0.1, -0.05) is 6.07 Å². The van der Waals surface area contributed by atoms with Crippen molar-refractivity contribution in [2.45, 2.75) is 12.9 Å². The number of ether oxygens (including phenoxy) is 2. The van der Waals surface area contributed by atoms with Gasteiger partial charge in [-0.2, -0.15) is 0 Å². The Bertz CT molecular complexity index is 940. The maximum Gasteiger partial charge on any atom is 0.573 e. The summed E-state index contributed by atoms with van der Waals surface area (Å²) in [5.41, 5.74) is 1.50. The van der Waals surface area contributed by atoms with E-state index in [0.717, 1.165) is 5.56 Å². The smallest absolute Gasteiger partial charge is 0.464 e. The van der Waals surface area contributed by atoms with Crippen LogP contribution in [0.15, 0.2) is 48.9 Å². The van der Waals surface area contributed by atoms with E-state index in [-0.39, 0.29) is 11.4 Å². The highest BCUT2D eigenvalue weighted by Gasteiger charge is 2.30. The number of anilines is 1. The van der Waals surface area contributed by atoms with Crippen molar-refractivity contribution in [3.05, 3.63) is 60.2 Å². The molecule has 0 aliphatic rings. The highest BCUT2D eigenvalue weighted by Crippen LogP contribution is 2.23. The summed E-state index contributed by atoms with van der Waals surface area (Å²) in [7, 11) is 1.28. The van der Waals surface area contributed by atoms with Gasteiger partial charge in [-0.3, -0.25) is 0 Å².